The molecule has 3 aromatic carbocycles. The van der Waals surface area contributed by atoms with Crippen molar-refractivity contribution in [2.45, 2.75) is 4.90 Å². The standard InChI is InChI=1S/C27H18F2N4O4S/c28-18-12-17(13-19(29)15-18)26(35)24(27-31-21-8-1-2-9-22(21)32-27)25(34)16-6-5-7-20(14-16)38(36,37)33-23-10-3-4-11-30-23/h1-15,31-32H,(H,30,33). The molecular formula is C27H18F2N4O4S. The van der Waals surface area contributed by atoms with Gasteiger partial charge in [-0.05, 0) is 48.5 Å². The quantitative estimate of drug-likeness (QED) is 0.133. The molecule has 1 aliphatic heterocycles. The Morgan fingerprint density at radius 2 is 1.37 bits per heavy atom. The summed E-state index contributed by atoms with van der Waals surface area (Å²) in [4.78, 5) is 30.9. The van der Waals surface area contributed by atoms with E-state index in [9.17, 15) is 26.8 Å². The van der Waals surface area contributed by atoms with Crippen LogP contribution in [0.25, 0.3) is 0 Å². The normalized spacial score (nSPS) is 12.2. The highest BCUT2D eigenvalue weighted by Crippen LogP contribution is 2.33. The van der Waals surface area contributed by atoms with Crippen molar-refractivity contribution < 1.29 is 26.8 Å². The number of hydrogen-bond donors (Lipinski definition) is 3. The minimum atomic E-state index is -4.14. The fourth-order valence-electron chi connectivity index (χ4n) is 3.85. The van der Waals surface area contributed by atoms with Gasteiger partial charge in [0.25, 0.3) is 10.0 Å². The predicted molar refractivity (Wildman–Crippen MR) is 137 cm³/mol. The Kier molecular flexibility index (Phi) is 6.43. The van der Waals surface area contributed by atoms with E-state index in [0.717, 1.165) is 18.2 Å². The van der Waals surface area contributed by atoms with Crippen LogP contribution in [0.2, 0.25) is 0 Å². The molecule has 0 spiro atoms. The summed E-state index contributed by atoms with van der Waals surface area (Å²) in [7, 11) is -4.14. The Morgan fingerprint density at radius 3 is 2.00 bits per heavy atom. The second kappa shape index (κ2) is 9.87. The molecule has 2 heterocycles. The third kappa shape index (κ3) is 5.00. The van der Waals surface area contributed by atoms with Crippen molar-refractivity contribution in [3.8, 4) is 0 Å². The number of halogens is 2. The van der Waals surface area contributed by atoms with Gasteiger partial charge in [-0.3, -0.25) is 14.3 Å². The van der Waals surface area contributed by atoms with Crippen molar-refractivity contribution in [1.82, 2.24) is 4.98 Å². The van der Waals surface area contributed by atoms with Crippen molar-refractivity contribution in [2.24, 2.45) is 0 Å². The molecular weight excluding hydrogens is 514 g/mol. The fraction of sp³-hybridized carbons (Fsp3) is 0. The fourth-order valence-corrected chi connectivity index (χ4v) is 4.91. The van der Waals surface area contributed by atoms with Gasteiger partial charge in [-0.2, -0.15) is 0 Å². The summed E-state index contributed by atoms with van der Waals surface area (Å²) in [6.07, 6.45) is 1.41. The molecule has 0 unspecified atom stereocenters. The molecule has 0 saturated carbocycles. The molecule has 0 aliphatic carbocycles. The summed E-state index contributed by atoms with van der Waals surface area (Å²) in [5.41, 5.74) is 0.155. The number of pyridine rings is 1. The average molecular weight is 533 g/mol. The van der Waals surface area contributed by atoms with E-state index in [0.29, 0.717) is 17.4 Å². The van der Waals surface area contributed by atoms with Gasteiger partial charge in [0.15, 0.2) is 0 Å². The number of allylic oxidation sites excluding steroid dienone is 1. The number of anilines is 3. The van der Waals surface area contributed by atoms with Gasteiger partial charge in [0.2, 0.25) is 11.6 Å². The monoisotopic (exact) mass is 532 g/mol. The molecule has 0 fully saturated rings. The number of carbonyl (C=O) groups is 2. The van der Waals surface area contributed by atoms with Crippen molar-refractivity contribution in [3.05, 3.63) is 125 Å². The second-order valence-corrected chi connectivity index (χ2v) is 9.89. The maximum Gasteiger partial charge on any atom is 0.263 e. The first-order chi connectivity index (χ1) is 18.2. The van der Waals surface area contributed by atoms with Gasteiger partial charge in [0.05, 0.1) is 16.3 Å². The molecule has 1 aliphatic rings. The molecule has 0 bridgehead atoms. The Labute approximate surface area is 216 Å². The highest BCUT2D eigenvalue weighted by molar-refractivity contribution is 7.92. The van der Waals surface area contributed by atoms with E-state index in [1.807, 2.05) is 0 Å². The van der Waals surface area contributed by atoms with Crippen molar-refractivity contribution >= 4 is 38.8 Å². The van der Waals surface area contributed by atoms with E-state index in [1.165, 1.54) is 30.5 Å². The zero-order chi connectivity index (χ0) is 26.9. The minimum absolute atomic E-state index is 0.00857. The molecule has 0 saturated heterocycles. The summed E-state index contributed by atoms with van der Waals surface area (Å²) in [5, 5.41) is 5.89. The number of benzene rings is 3. The highest BCUT2D eigenvalue weighted by Gasteiger charge is 2.30. The summed E-state index contributed by atoms with van der Waals surface area (Å²) >= 11 is 0. The molecule has 0 amide bonds. The molecule has 1 aromatic heterocycles. The summed E-state index contributed by atoms with van der Waals surface area (Å²) in [6, 6.07) is 18.9. The number of fused-ring (bicyclic) bond motifs is 1. The number of rotatable bonds is 7. The zero-order valence-electron chi connectivity index (χ0n) is 19.4. The molecule has 190 valence electrons. The summed E-state index contributed by atoms with van der Waals surface area (Å²) in [5.74, 6) is -3.74. The van der Waals surface area contributed by atoms with Crippen LogP contribution in [0.15, 0.2) is 107 Å². The van der Waals surface area contributed by atoms with Gasteiger partial charge in [-0.25, -0.2) is 22.2 Å². The third-order valence-electron chi connectivity index (χ3n) is 5.59. The average Bonchev–Trinajstić information content (AvgIpc) is 3.32. The van der Waals surface area contributed by atoms with Crippen LogP contribution in [0.3, 0.4) is 0 Å². The molecule has 11 heteroatoms. The molecule has 0 atom stereocenters. The van der Waals surface area contributed by atoms with E-state index in [-0.39, 0.29) is 22.1 Å². The van der Waals surface area contributed by atoms with E-state index in [2.05, 4.69) is 20.3 Å². The Bertz CT molecular complexity index is 1680. The Balaban J connectivity index is 1.57. The van der Waals surface area contributed by atoms with Gasteiger partial charge >= 0.3 is 0 Å². The largest absolute Gasteiger partial charge is 0.339 e. The highest BCUT2D eigenvalue weighted by atomic mass is 32.2. The topological polar surface area (TPSA) is 117 Å². The molecule has 8 nitrogen and oxygen atoms in total. The van der Waals surface area contributed by atoms with Crippen LogP contribution in [0.1, 0.15) is 20.7 Å². The molecule has 5 rings (SSSR count). The number of sulfonamides is 1. The van der Waals surface area contributed by atoms with Crippen LogP contribution >= 0.6 is 0 Å². The van der Waals surface area contributed by atoms with E-state index < -0.39 is 44.4 Å². The Morgan fingerprint density at radius 1 is 0.737 bits per heavy atom. The van der Waals surface area contributed by atoms with Crippen LogP contribution in [0, 0.1) is 11.6 Å². The zero-order valence-corrected chi connectivity index (χ0v) is 20.2. The van der Waals surface area contributed by atoms with E-state index >= 15 is 0 Å². The number of Topliss-reactive ketones (excluding diaryl/α,β-unsaturated/α-hetero) is 2. The number of ketones is 2. The van der Waals surface area contributed by atoms with Crippen LogP contribution in [0.4, 0.5) is 26.0 Å². The van der Waals surface area contributed by atoms with Gasteiger partial charge in [0.1, 0.15) is 28.8 Å². The van der Waals surface area contributed by atoms with Gasteiger partial charge in [-0.1, -0.05) is 30.3 Å². The van der Waals surface area contributed by atoms with Gasteiger partial charge < -0.3 is 10.6 Å². The van der Waals surface area contributed by atoms with Crippen molar-refractivity contribution in [2.75, 3.05) is 15.4 Å². The van der Waals surface area contributed by atoms with Crippen molar-refractivity contribution in [3.63, 3.8) is 0 Å². The first-order valence-electron chi connectivity index (χ1n) is 11.2. The van der Waals surface area contributed by atoms with Crippen molar-refractivity contribution in [1.29, 1.82) is 0 Å². The SMILES string of the molecule is O=C(C(C(=O)c1cccc(S(=O)(=O)Nc2ccccn2)c1)=C1Nc2ccccc2N1)c1cc(F)cc(F)c1. The lowest BCUT2D eigenvalue weighted by Crippen LogP contribution is -2.21. The molecule has 3 N–H and O–H groups in total. The lowest BCUT2D eigenvalue weighted by atomic mass is 9.95. The number of aromatic nitrogens is 1. The van der Waals surface area contributed by atoms with Crippen LogP contribution in [0.5, 0.6) is 0 Å². The minimum Gasteiger partial charge on any atom is -0.339 e. The maximum atomic E-state index is 13.9. The first-order valence-corrected chi connectivity index (χ1v) is 12.7. The van der Waals surface area contributed by atoms with Gasteiger partial charge in [-0.15, -0.1) is 0 Å². The number of carbonyl (C=O) groups excluding carboxylic acids is 2. The number of nitrogens with one attached hydrogen (secondary N) is 3. The lowest BCUT2D eigenvalue weighted by Gasteiger charge is -2.13. The van der Waals surface area contributed by atoms with Crippen LogP contribution < -0.4 is 15.4 Å². The number of para-hydroxylation sites is 2. The predicted octanol–water partition coefficient (Wildman–Crippen LogP) is 4.98. The lowest BCUT2D eigenvalue weighted by molar-refractivity contribution is 0.0960. The van der Waals surface area contributed by atoms with Crippen LogP contribution in [-0.4, -0.2) is 25.0 Å². The van der Waals surface area contributed by atoms with E-state index in [4.69, 9.17) is 0 Å². The van der Waals surface area contributed by atoms with E-state index in [1.54, 1.807) is 36.4 Å². The van der Waals surface area contributed by atoms with Gasteiger partial charge in [0, 0.05) is 23.4 Å². The smallest absolute Gasteiger partial charge is 0.263 e. The summed E-state index contributed by atoms with van der Waals surface area (Å²) in [6.45, 7) is 0. The number of nitrogens with zero attached hydrogens (tertiary/aromatic N) is 1. The second-order valence-electron chi connectivity index (χ2n) is 8.21. The van der Waals surface area contributed by atoms with Crippen LogP contribution in [-0.2, 0) is 10.0 Å². The molecule has 0 radical (unpaired) electrons. The maximum absolute atomic E-state index is 13.9. The number of hydrogen-bond acceptors (Lipinski definition) is 7. The molecule has 4 aromatic rings. The third-order valence-corrected chi connectivity index (χ3v) is 6.94. The Hall–Kier alpha value is -4.90. The summed E-state index contributed by atoms with van der Waals surface area (Å²) < 4.78 is 56.0. The first kappa shape index (κ1) is 24.8. The molecule has 38 heavy (non-hydrogen) atoms.